The van der Waals surface area contributed by atoms with E-state index in [9.17, 15) is 0 Å². The molecule has 1 saturated heterocycles. The lowest BCUT2D eigenvalue weighted by Gasteiger charge is -2.38. The van der Waals surface area contributed by atoms with Gasteiger partial charge in [0, 0.05) is 60.0 Å². The van der Waals surface area contributed by atoms with Crippen LogP contribution in [0, 0.1) is 0 Å². The van der Waals surface area contributed by atoms with Crippen LogP contribution in [0.2, 0.25) is 0 Å². The normalized spacial score (nSPS) is 22.5. The number of halogens is 1. The molecule has 0 saturated carbocycles. The molecule has 1 aliphatic heterocycles. The van der Waals surface area contributed by atoms with Crippen LogP contribution in [-0.2, 0) is 6.54 Å². The minimum Gasteiger partial charge on any atom is -0.311 e. The third kappa shape index (κ3) is 4.31. The van der Waals surface area contributed by atoms with Gasteiger partial charge in [-0.1, -0.05) is 0 Å². The molecule has 0 amide bonds. The van der Waals surface area contributed by atoms with E-state index in [0.717, 1.165) is 19.6 Å². The first-order valence-electron chi connectivity index (χ1n) is 6.51. The molecular formula is C13H22BrN3S. The molecule has 3 nitrogen and oxygen atoms in total. The van der Waals surface area contributed by atoms with Crippen molar-refractivity contribution in [3.63, 3.8) is 0 Å². The predicted molar refractivity (Wildman–Crippen MR) is 82.3 cm³/mol. The second-order valence-corrected chi connectivity index (χ2v) is 6.97. The van der Waals surface area contributed by atoms with Gasteiger partial charge in [-0.15, -0.1) is 11.3 Å². The van der Waals surface area contributed by atoms with E-state index in [1.165, 1.54) is 29.0 Å². The Morgan fingerprint density at radius 1 is 1.50 bits per heavy atom. The standard InChI is InChI=1S/C13H22BrN3S/c1-11-9-16(2)5-6-17(11)4-3-15-8-13-7-12(14)10-18-13/h7,10-11,15H,3-6,8-9H2,1-2H3. The van der Waals surface area contributed by atoms with Crippen LogP contribution >= 0.6 is 27.3 Å². The maximum atomic E-state index is 3.53. The van der Waals surface area contributed by atoms with Crippen molar-refractivity contribution in [2.45, 2.75) is 19.5 Å². The Bertz CT molecular complexity index is 369. The molecule has 2 heterocycles. The van der Waals surface area contributed by atoms with Crippen LogP contribution < -0.4 is 5.32 Å². The number of hydrogen-bond donors (Lipinski definition) is 1. The molecule has 18 heavy (non-hydrogen) atoms. The van der Waals surface area contributed by atoms with Gasteiger partial charge in [-0.05, 0) is 36.0 Å². The van der Waals surface area contributed by atoms with Crippen molar-refractivity contribution in [2.24, 2.45) is 0 Å². The van der Waals surface area contributed by atoms with Crippen molar-refractivity contribution in [3.8, 4) is 0 Å². The maximum Gasteiger partial charge on any atom is 0.0300 e. The molecule has 2 rings (SSSR count). The van der Waals surface area contributed by atoms with Gasteiger partial charge in [-0.3, -0.25) is 4.90 Å². The highest BCUT2D eigenvalue weighted by atomic mass is 79.9. The first kappa shape index (κ1) is 14.5. The minimum absolute atomic E-state index is 0.682. The lowest BCUT2D eigenvalue weighted by atomic mass is 10.2. The maximum absolute atomic E-state index is 3.53. The van der Waals surface area contributed by atoms with E-state index in [0.29, 0.717) is 6.04 Å². The van der Waals surface area contributed by atoms with Gasteiger partial charge in [0.25, 0.3) is 0 Å². The molecule has 1 aromatic heterocycles. The third-order valence-corrected chi connectivity index (χ3v) is 5.16. The van der Waals surface area contributed by atoms with E-state index in [2.05, 4.69) is 56.5 Å². The Morgan fingerprint density at radius 2 is 2.33 bits per heavy atom. The van der Waals surface area contributed by atoms with Crippen LogP contribution in [0.25, 0.3) is 0 Å². The zero-order valence-electron chi connectivity index (χ0n) is 11.2. The second kappa shape index (κ2) is 7.01. The molecule has 5 heteroatoms. The van der Waals surface area contributed by atoms with Gasteiger partial charge in [0.05, 0.1) is 0 Å². The monoisotopic (exact) mass is 331 g/mol. The van der Waals surface area contributed by atoms with Crippen molar-refractivity contribution in [1.29, 1.82) is 0 Å². The van der Waals surface area contributed by atoms with Crippen molar-refractivity contribution >= 4 is 27.3 Å². The van der Waals surface area contributed by atoms with Crippen LogP contribution in [-0.4, -0.2) is 55.6 Å². The highest BCUT2D eigenvalue weighted by Crippen LogP contribution is 2.19. The van der Waals surface area contributed by atoms with Crippen LogP contribution in [0.3, 0.4) is 0 Å². The summed E-state index contributed by atoms with van der Waals surface area (Å²) < 4.78 is 1.19. The molecule has 1 unspecified atom stereocenters. The van der Waals surface area contributed by atoms with E-state index in [4.69, 9.17) is 0 Å². The van der Waals surface area contributed by atoms with Gasteiger partial charge in [0.1, 0.15) is 0 Å². The quantitative estimate of drug-likeness (QED) is 0.835. The molecule has 1 fully saturated rings. The Labute approximate surface area is 122 Å². The minimum atomic E-state index is 0.682. The summed E-state index contributed by atoms with van der Waals surface area (Å²) in [7, 11) is 2.21. The van der Waals surface area contributed by atoms with Crippen molar-refractivity contribution in [2.75, 3.05) is 39.8 Å². The SMILES string of the molecule is CC1CN(C)CCN1CCNCc1cc(Br)cs1. The Hall–Kier alpha value is 0.0600. The highest BCUT2D eigenvalue weighted by Gasteiger charge is 2.20. The lowest BCUT2D eigenvalue weighted by Crippen LogP contribution is -2.51. The fourth-order valence-corrected chi connectivity index (χ4v) is 3.81. The summed E-state index contributed by atoms with van der Waals surface area (Å²) in [5.74, 6) is 0. The van der Waals surface area contributed by atoms with Crippen molar-refractivity contribution in [3.05, 3.63) is 20.8 Å². The summed E-state index contributed by atoms with van der Waals surface area (Å²) in [6.07, 6.45) is 0. The van der Waals surface area contributed by atoms with Crippen LogP contribution in [0.15, 0.2) is 15.9 Å². The van der Waals surface area contributed by atoms with E-state index >= 15 is 0 Å². The summed E-state index contributed by atoms with van der Waals surface area (Å²) >= 11 is 5.29. The van der Waals surface area contributed by atoms with Crippen molar-refractivity contribution in [1.82, 2.24) is 15.1 Å². The first-order chi connectivity index (χ1) is 8.65. The zero-order valence-corrected chi connectivity index (χ0v) is 13.6. The molecule has 0 aliphatic carbocycles. The molecule has 1 aromatic rings. The number of hydrogen-bond acceptors (Lipinski definition) is 4. The van der Waals surface area contributed by atoms with Crippen LogP contribution in [0.4, 0.5) is 0 Å². The molecule has 0 aromatic carbocycles. The van der Waals surface area contributed by atoms with E-state index in [1.54, 1.807) is 11.3 Å². The Balaban J connectivity index is 1.63. The van der Waals surface area contributed by atoms with E-state index in [-0.39, 0.29) is 0 Å². The van der Waals surface area contributed by atoms with Gasteiger partial charge >= 0.3 is 0 Å². The highest BCUT2D eigenvalue weighted by molar-refractivity contribution is 9.10. The molecule has 102 valence electrons. The van der Waals surface area contributed by atoms with Crippen molar-refractivity contribution < 1.29 is 0 Å². The van der Waals surface area contributed by atoms with Crippen LogP contribution in [0.5, 0.6) is 0 Å². The smallest absolute Gasteiger partial charge is 0.0300 e. The number of rotatable bonds is 5. The number of piperazine rings is 1. The number of likely N-dealkylation sites (N-methyl/N-ethyl adjacent to an activating group) is 1. The Morgan fingerprint density at radius 3 is 3.00 bits per heavy atom. The van der Waals surface area contributed by atoms with Gasteiger partial charge in [0.15, 0.2) is 0 Å². The van der Waals surface area contributed by atoms with Gasteiger partial charge < -0.3 is 10.2 Å². The van der Waals surface area contributed by atoms with E-state index in [1.807, 2.05) is 0 Å². The molecule has 1 atom stereocenters. The van der Waals surface area contributed by atoms with Gasteiger partial charge in [-0.2, -0.15) is 0 Å². The second-order valence-electron chi connectivity index (χ2n) is 5.06. The number of nitrogens with one attached hydrogen (secondary N) is 1. The molecule has 0 radical (unpaired) electrons. The average Bonchev–Trinajstić information content (AvgIpc) is 2.73. The Kier molecular flexibility index (Phi) is 5.63. The molecule has 0 bridgehead atoms. The van der Waals surface area contributed by atoms with Gasteiger partial charge in [0.2, 0.25) is 0 Å². The van der Waals surface area contributed by atoms with Gasteiger partial charge in [-0.25, -0.2) is 0 Å². The van der Waals surface area contributed by atoms with Crippen LogP contribution in [0.1, 0.15) is 11.8 Å². The molecule has 1 aliphatic rings. The fourth-order valence-electron chi connectivity index (χ4n) is 2.39. The zero-order chi connectivity index (χ0) is 13.0. The summed E-state index contributed by atoms with van der Waals surface area (Å²) in [5, 5.41) is 5.67. The summed E-state index contributed by atoms with van der Waals surface area (Å²) in [4.78, 5) is 6.39. The summed E-state index contributed by atoms with van der Waals surface area (Å²) in [5.41, 5.74) is 0. The molecule has 1 N–H and O–H groups in total. The third-order valence-electron chi connectivity index (χ3n) is 3.46. The summed E-state index contributed by atoms with van der Waals surface area (Å²) in [6, 6.07) is 2.87. The topological polar surface area (TPSA) is 18.5 Å². The average molecular weight is 332 g/mol. The largest absolute Gasteiger partial charge is 0.311 e. The molecular weight excluding hydrogens is 310 g/mol. The fraction of sp³-hybridized carbons (Fsp3) is 0.692. The molecule has 0 spiro atoms. The lowest BCUT2D eigenvalue weighted by molar-refractivity contribution is 0.101. The first-order valence-corrected chi connectivity index (χ1v) is 8.18. The summed E-state index contributed by atoms with van der Waals surface area (Å²) in [6.45, 7) is 9.12. The van der Waals surface area contributed by atoms with E-state index < -0.39 is 0 Å². The predicted octanol–water partition coefficient (Wildman–Crippen LogP) is 2.24. The number of nitrogens with zero attached hydrogens (tertiary/aromatic N) is 2. The number of thiophene rings is 1.